The van der Waals surface area contributed by atoms with Crippen molar-refractivity contribution in [3.63, 3.8) is 0 Å². The molecule has 0 saturated heterocycles. The van der Waals surface area contributed by atoms with Crippen molar-refractivity contribution < 1.29 is 4.79 Å². The molecular weight excluding hydrogens is 330 g/mol. The molecule has 0 aliphatic carbocycles. The Hall–Kier alpha value is -3.97. The summed E-state index contributed by atoms with van der Waals surface area (Å²) >= 11 is 0. The van der Waals surface area contributed by atoms with Gasteiger partial charge >= 0.3 is 0 Å². The third-order valence-electron chi connectivity index (χ3n) is 3.85. The maximum atomic E-state index is 12.5. The molecular formula is C19H13N5O2. The van der Waals surface area contributed by atoms with Crippen LogP contribution in [0.5, 0.6) is 0 Å². The maximum Gasteiger partial charge on any atom is 0.275 e. The van der Waals surface area contributed by atoms with E-state index in [1.54, 1.807) is 31.2 Å². The summed E-state index contributed by atoms with van der Waals surface area (Å²) in [6.45, 7) is 1.73. The van der Waals surface area contributed by atoms with Gasteiger partial charge in [0.2, 0.25) is 5.91 Å². The normalized spacial score (nSPS) is 10.1. The average molecular weight is 343 g/mol. The molecule has 26 heavy (non-hydrogen) atoms. The molecule has 3 rings (SSSR count). The lowest BCUT2D eigenvalue weighted by Gasteiger charge is -2.10. The molecule has 7 nitrogen and oxygen atoms in total. The van der Waals surface area contributed by atoms with E-state index in [9.17, 15) is 14.9 Å². The predicted octanol–water partition coefficient (Wildman–Crippen LogP) is 2.68. The van der Waals surface area contributed by atoms with Gasteiger partial charge in [-0.3, -0.25) is 9.59 Å². The van der Waals surface area contributed by atoms with Crippen LogP contribution in [0.2, 0.25) is 0 Å². The molecule has 0 unspecified atom stereocenters. The second-order valence-corrected chi connectivity index (χ2v) is 5.50. The average Bonchev–Trinajstić information content (AvgIpc) is 2.66. The quantitative estimate of drug-likeness (QED) is 0.757. The van der Waals surface area contributed by atoms with Crippen molar-refractivity contribution in [2.24, 2.45) is 0 Å². The topological polar surface area (TPSA) is 122 Å². The Bertz CT molecular complexity index is 1170. The van der Waals surface area contributed by atoms with Crippen LogP contribution in [-0.2, 0) is 4.79 Å². The highest BCUT2D eigenvalue weighted by Crippen LogP contribution is 2.25. The van der Waals surface area contributed by atoms with Crippen LogP contribution in [0.1, 0.15) is 24.5 Å². The van der Waals surface area contributed by atoms with Crippen LogP contribution >= 0.6 is 0 Å². The van der Waals surface area contributed by atoms with Gasteiger partial charge in [-0.15, -0.1) is 0 Å². The molecule has 1 amide bonds. The number of aromatic nitrogens is 2. The number of carbonyl (C=O) groups excluding carboxylic acids is 1. The zero-order valence-corrected chi connectivity index (χ0v) is 13.8. The first-order valence-electron chi connectivity index (χ1n) is 7.85. The van der Waals surface area contributed by atoms with Crippen LogP contribution in [0, 0.1) is 22.7 Å². The molecule has 2 aromatic carbocycles. The Morgan fingerprint density at radius 2 is 1.88 bits per heavy atom. The van der Waals surface area contributed by atoms with Crippen molar-refractivity contribution >= 4 is 22.6 Å². The van der Waals surface area contributed by atoms with E-state index in [0.717, 1.165) is 0 Å². The van der Waals surface area contributed by atoms with E-state index in [2.05, 4.69) is 15.3 Å². The number of aromatic amines is 1. The summed E-state index contributed by atoms with van der Waals surface area (Å²) in [5.41, 5.74) is 1.71. The van der Waals surface area contributed by atoms with Crippen LogP contribution in [0.3, 0.4) is 0 Å². The highest BCUT2D eigenvalue weighted by atomic mass is 16.1. The highest BCUT2D eigenvalue weighted by Gasteiger charge is 2.14. The van der Waals surface area contributed by atoms with Gasteiger partial charge < -0.3 is 10.3 Å². The zero-order valence-electron chi connectivity index (χ0n) is 13.8. The van der Waals surface area contributed by atoms with Gasteiger partial charge in [-0.2, -0.15) is 10.5 Å². The van der Waals surface area contributed by atoms with Gasteiger partial charge in [0.15, 0.2) is 0 Å². The molecule has 1 aromatic heterocycles. The number of nitrogens with zero attached hydrogens (tertiary/aromatic N) is 3. The van der Waals surface area contributed by atoms with Gasteiger partial charge in [-0.25, -0.2) is 4.98 Å². The number of para-hydroxylation sites is 1. The lowest BCUT2D eigenvalue weighted by molar-refractivity contribution is -0.115. The molecule has 7 heteroatoms. The van der Waals surface area contributed by atoms with Crippen molar-refractivity contribution in [1.29, 1.82) is 10.5 Å². The number of carbonyl (C=O) groups is 1. The van der Waals surface area contributed by atoms with E-state index in [0.29, 0.717) is 28.7 Å². The second kappa shape index (κ2) is 6.88. The number of nitriles is 2. The third kappa shape index (κ3) is 3.02. The lowest BCUT2D eigenvalue weighted by atomic mass is 10.1. The fourth-order valence-electron chi connectivity index (χ4n) is 2.54. The number of amides is 1. The third-order valence-corrected chi connectivity index (χ3v) is 3.85. The summed E-state index contributed by atoms with van der Waals surface area (Å²) in [4.78, 5) is 31.3. The molecule has 0 bridgehead atoms. The first-order chi connectivity index (χ1) is 12.6. The summed E-state index contributed by atoms with van der Waals surface area (Å²) in [7, 11) is 0. The fraction of sp³-hybridized carbons (Fsp3) is 0.105. The summed E-state index contributed by atoms with van der Waals surface area (Å²) in [6, 6.07) is 13.6. The van der Waals surface area contributed by atoms with E-state index in [1.165, 1.54) is 12.1 Å². The molecule has 126 valence electrons. The minimum absolute atomic E-state index is 0.123. The number of benzene rings is 2. The van der Waals surface area contributed by atoms with Crippen LogP contribution in [-0.4, -0.2) is 15.9 Å². The summed E-state index contributed by atoms with van der Waals surface area (Å²) < 4.78 is 0. The van der Waals surface area contributed by atoms with Crippen molar-refractivity contribution in [2.45, 2.75) is 13.3 Å². The number of fused-ring (bicyclic) bond motifs is 1. The lowest BCUT2D eigenvalue weighted by Crippen LogP contribution is -2.15. The molecule has 0 atom stereocenters. The SMILES string of the molecule is CCC(=O)Nc1ccccc1-c1nc2cc(C#N)c(C#N)cc2[nH]c1=O. The maximum absolute atomic E-state index is 12.5. The van der Waals surface area contributed by atoms with Gasteiger partial charge in [-0.05, 0) is 18.2 Å². The fourth-order valence-corrected chi connectivity index (χ4v) is 2.54. The Balaban J connectivity index is 2.23. The molecule has 0 aliphatic heterocycles. The molecule has 0 saturated carbocycles. The molecule has 0 aliphatic rings. The van der Waals surface area contributed by atoms with Crippen LogP contribution in [0.4, 0.5) is 5.69 Å². The Morgan fingerprint density at radius 3 is 2.58 bits per heavy atom. The highest BCUT2D eigenvalue weighted by molar-refractivity contribution is 5.95. The largest absolute Gasteiger partial charge is 0.325 e. The van der Waals surface area contributed by atoms with Gasteiger partial charge in [0.25, 0.3) is 5.56 Å². The van der Waals surface area contributed by atoms with E-state index in [4.69, 9.17) is 5.26 Å². The molecule has 0 spiro atoms. The predicted molar refractivity (Wildman–Crippen MR) is 96.2 cm³/mol. The van der Waals surface area contributed by atoms with Gasteiger partial charge in [0, 0.05) is 12.0 Å². The molecule has 3 aromatic rings. The summed E-state index contributed by atoms with van der Waals surface area (Å²) in [6.07, 6.45) is 0.304. The van der Waals surface area contributed by atoms with Gasteiger partial charge in [0.05, 0.1) is 27.8 Å². The second-order valence-electron chi connectivity index (χ2n) is 5.50. The van der Waals surface area contributed by atoms with Crippen LogP contribution in [0.25, 0.3) is 22.3 Å². The zero-order chi connectivity index (χ0) is 18.7. The Morgan fingerprint density at radius 1 is 1.19 bits per heavy atom. The first-order valence-corrected chi connectivity index (χ1v) is 7.85. The van der Waals surface area contributed by atoms with E-state index in [1.807, 2.05) is 12.1 Å². The minimum Gasteiger partial charge on any atom is -0.325 e. The monoisotopic (exact) mass is 343 g/mol. The molecule has 1 heterocycles. The number of nitrogens with one attached hydrogen (secondary N) is 2. The molecule has 0 fully saturated rings. The van der Waals surface area contributed by atoms with Gasteiger partial charge in [-0.1, -0.05) is 25.1 Å². The number of hydrogen-bond acceptors (Lipinski definition) is 5. The number of hydrogen-bond donors (Lipinski definition) is 2. The van der Waals surface area contributed by atoms with Crippen molar-refractivity contribution in [3.05, 3.63) is 57.9 Å². The minimum atomic E-state index is -0.454. The Kier molecular flexibility index (Phi) is 4.46. The smallest absolute Gasteiger partial charge is 0.275 e. The van der Waals surface area contributed by atoms with Crippen molar-refractivity contribution in [3.8, 4) is 23.4 Å². The number of H-pyrrole nitrogens is 1. The van der Waals surface area contributed by atoms with Crippen LogP contribution in [0.15, 0.2) is 41.2 Å². The van der Waals surface area contributed by atoms with Crippen LogP contribution < -0.4 is 10.9 Å². The summed E-state index contributed by atoms with van der Waals surface area (Å²) in [5, 5.41) is 21.0. The number of rotatable bonds is 3. The van der Waals surface area contributed by atoms with Crippen molar-refractivity contribution in [2.75, 3.05) is 5.32 Å². The van der Waals surface area contributed by atoms with E-state index in [-0.39, 0.29) is 22.7 Å². The Labute approximate surface area is 148 Å². The summed E-state index contributed by atoms with van der Waals surface area (Å²) in [5.74, 6) is -0.180. The first kappa shape index (κ1) is 16.9. The van der Waals surface area contributed by atoms with Gasteiger partial charge in [0.1, 0.15) is 17.8 Å². The molecule has 2 N–H and O–H groups in total. The standard InChI is InChI=1S/C19H13N5O2/c1-2-17(25)22-14-6-4-3-5-13(14)18-19(26)24-16-8-12(10-21)11(9-20)7-15(16)23-18/h3-8H,2H2,1H3,(H,22,25)(H,24,26). The van der Waals surface area contributed by atoms with E-state index < -0.39 is 5.56 Å². The molecule has 0 radical (unpaired) electrons. The number of anilines is 1. The van der Waals surface area contributed by atoms with E-state index >= 15 is 0 Å². The van der Waals surface area contributed by atoms with Crippen molar-refractivity contribution in [1.82, 2.24) is 9.97 Å².